The zero-order chi connectivity index (χ0) is 26.3. The van der Waals surface area contributed by atoms with Crippen LogP contribution in [-0.2, 0) is 14.8 Å². The first-order chi connectivity index (χ1) is 17.6. The van der Waals surface area contributed by atoms with Crippen LogP contribution in [0.1, 0.15) is 18.6 Å². The minimum atomic E-state index is -3.43. The number of pyridine rings is 2. The lowest BCUT2D eigenvalue weighted by Crippen LogP contribution is -2.52. The lowest BCUT2D eigenvalue weighted by Gasteiger charge is -2.32. The van der Waals surface area contributed by atoms with E-state index >= 15 is 0 Å². The number of aromatic nitrogens is 4. The van der Waals surface area contributed by atoms with Crippen molar-refractivity contribution in [3.05, 3.63) is 64.5 Å². The molecule has 192 valence electrons. The summed E-state index contributed by atoms with van der Waals surface area (Å²) in [5.41, 5.74) is 2.87. The average Bonchev–Trinajstić information content (AvgIpc) is 3.27. The molecule has 1 fully saturated rings. The first-order valence-electron chi connectivity index (χ1n) is 11.3. The van der Waals surface area contributed by atoms with Crippen molar-refractivity contribution in [1.82, 2.24) is 24.5 Å². The van der Waals surface area contributed by atoms with Crippen molar-refractivity contribution in [3.8, 4) is 17.0 Å². The summed E-state index contributed by atoms with van der Waals surface area (Å²) < 4.78 is 30.8. The molecular formula is C24H22Cl2N6O4S. The Morgan fingerprint density at radius 3 is 2.49 bits per heavy atom. The van der Waals surface area contributed by atoms with Gasteiger partial charge >= 0.3 is 0 Å². The first-order valence-corrected chi connectivity index (χ1v) is 13.9. The molecule has 0 spiro atoms. The number of hydrogen-bond donors (Lipinski definition) is 1. The van der Waals surface area contributed by atoms with Gasteiger partial charge in [-0.25, -0.2) is 13.4 Å². The van der Waals surface area contributed by atoms with Crippen molar-refractivity contribution in [3.63, 3.8) is 0 Å². The summed E-state index contributed by atoms with van der Waals surface area (Å²) in [6.45, 7) is 2.10. The quantitative estimate of drug-likeness (QED) is 0.377. The number of benzene rings is 1. The highest BCUT2D eigenvalue weighted by Gasteiger charge is 2.30. The number of piperazine rings is 1. The van der Waals surface area contributed by atoms with Crippen molar-refractivity contribution < 1.29 is 17.9 Å². The van der Waals surface area contributed by atoms with Crippen LogP contribution < -0.4 is 9.64 Å². The molecule has 1 unspecified atom stereocenters. The summed E-state index contributed by atoms with van der Waals surface area (Å²) in [6, 6.07) is 9.11. The summed E-state index contributed by atoms with van der Waals surface area (Å²) in [5.74, 6) is 0.726. The van der Waals surface area contributed by atoms with Crippen molar-refractivity contribution in [1.29, 1.82) is 0 Å². The van der Waals surface area contributed by atoms with E-state index in [9.17, 15) is 13.2 Å². The van der Waals surface area contributed by atoms with Gasteiger partial charge in [0, 0.05) is 48.2 Å². The summed E-state index contributed by atoms with van der Waals surface area (Å²) in [6.07, 6.45) is 5.36. The Bertz CT molecular complexity index is 1570. The molecule has 37 heavy (non-hydrogen) atoms. The molecule has 1 aliphatic heterocycles. The van der Waals surface area contributed by atoms with Crippen LogP contribution in [0.15, 0.2) is 48.9 Å². The minimum Gasteiger partial charge on any atom is -0.486 e. The molecule has 1 saturated heterocycles. The predicted octanol–water partition coefficient (Wildman–Crippen LogP) is 4.07. The van der Waals surface area contributed by atoms with Crippen LogP contribution in [0.5, 0.6) is 5.75 Å². The van der Waals surface area contributed by atoms with Gasteiger partial charge in [-0.15, -0.1) is 0 Å². The molecule has 1 atom stereocenters. The standard InChI is InChI=1S/C24H22Cl2N6O4S/c1-14(23-18(25)11-27-12-19(23)26)36-16-4-5-20-17(9-16)24(30-29-20)15-3-6-21(28-10-15)32-8-7-31(13-22(32)33)37(2,34)35/h3-6,9-12,14H,7-8,13H2,1-2H3,(H,29,30). The number of halogens is 2. The zero-order valence-corrected chi connectivity index (χ0v) is 22.2. The van der Waals surface area contributed by atoms with Crippen LogP contribution in [-0.4, -0.2) is 64.7 Å². The van der Waals surface area contributed by atoms with Crippen LogP contribution in [0.3, 0.4) is 0 Å². The second-order valence-corrected chi connectivity index (χ2v) is 11.4. The molecule has 4 aromatic rings. The van der Waals surface area contributed by atoms with Gasteiger partial charge in [-0.05, 0) is 37.3 Å². The second kappa shape index (κ2) is 9.90. The summed E-state index contributed by atoms with van der Waals surface area (Å²) in [7, 11) is -3.43. The largest absolute Gasteiger partial charge is 0.486 e. The highest BCUT2D eigenvalue weighted by molar-refractivity contribution is 7.88. The third-order valence-corrected chi connectivity index (χ3v) is 7.95. The highest BCUT2D eigenvalue weighted by Crippen LogP contribution is 2.35. The van der Waals surface area contributed by atoms with Crippen molar-refractivity contribution in [2.45, 2.75) is 13.0 Å². The van der Waals surface area contributed by atoms with Gasteiger partial charge < -0.3 is 4.74 Å². The Hall–Kier alpha value is -3.25. The Labute approximate surface area is 223 Å². The fraction of sp³-hybridized carbons (Fsp3) is 0.250. The molecule has 0 radical (unpaired) electrons. The lowest BCUT2D eigenvalue weighted by atomic mass is 10.1. The van der Waals surface area contributed by atoms with Gasteiger partial charge in [0.25, 0.3) is 0 Å². The minimum absolute atomic E-state index is 0.205. The fourth-order valence-corrected chi connectivity index (χ4v) is 5.65. The van der Waals surface area contributed by atoms with Gasteiger partial charge in [-0.3, -0.25) is 19.8 Å². The Kier molecular flexibility index (Phi) is 6.80. The molecule has 0 bridgehead atoms. The average molecular weight is 561 g/mol. The number of rotatable bonds is 6. The number of carbonyl (C=O) groups is 1. The molecule has 1 aromatic carbocycles. The van der Waals surface area contributed by atoms with Crippen LogP contribution in [0.25, 0.3) is 22.2 Å². The molecule has 0 saturated carbocycles. The molecule has 1 N–H and O–H groups in total. The summed E-state index contributed by atoms with van der Waals surface area (Å²) in [5, 5.41) is 9.12. The van der Waals surface area contributed by atoms with Gasteiger partial charge in [-0.2, -0.15) is 9.40 Å². The number of sulfonamides is 1. The number of fused-ring (bicyclic) bond motifs is 1. The molecule has 4 heterocycles. The predicted molar refractivity (Wildman–Crippen MR) is 141 cm³/mol. The topological polar surface area (TPSA) is 121 Å². The number of nitrogens with zero attached hydrogens (tertiary/aromatic N) is 5. The SMILES string of the molecule is CC(Oc1ccc2[nH]nc(-c3ccc(N4CCN(S(C)(=O)=O)CC4=O)nc3)c2c1)c1c(Cl)cncc1Cl. The van der Waals surface area contributed by atoms with Gasteiger partial charge in [0.1, 0.15) is 23.4 Å². The third kappa shape index (κ3) is 5.12. The number of carbonyl (C=O) groups excluding carboxylic acids is 1. The maximum atomic E-state index is 12.5. The van der Waals surface area contributed by atoms with E-state index in [2.05, 4.69) is 20.2 Å². The highest BCUT2D eigenvalue weighted by atomic mass is 35.5. The smallest absolute Gasteiger partial charge is 0.243 e. The van der Waals surface area contributed by atoms with Crippen molar-refractivity contribution in [2.75, 3.05) is 30.8 Å². The lowest BCUT2D eigenvalue weighted by molar-refractivity contribution is -0.120. The van der Waals surface area contributed by atoms with Crippen LogP contribution in [0.2, 0.25) is 10.0 Å². The molecule has 5 rings (SSSR count). The molecule has 0 aliphatic carbocycles. The maximum absolute atomic E-state index is 12.5. The van der Waals surface area contributed by atoms with E-state index in [4.69, 9.17) is 27.9 Å². The Morgan fingerprint density at radius 1 is 1.08 bits per heavy atom. The van der Waals surface area contributed by atoms with Crippen LogP contribution in [0.4, 0.5) is 5.82 Å². The fourth-order valence-electron chi connectivity index (χ4n) is 4.22. The number of ether oxygens (including phenoxy) is 1. The molecule has 10 nitrogen and oxygen atoms in total. The van der Waals surface area contributed by atoms with E-state index in [0.29, 0.717) is 32.9 Å². The van der Waals surface area contributed by atoms with Gasteiger partial charge in [0.2, 0.25) is 15.9 Å². The number of hydrogen-bond acceptors (Lipinski definition) is 7. The van der Waals surface area contributed by atoms with E-state index in [1.165, 1.54) is 17.3 Å². The molecule has 13 heteroatoms. The molecule has 3 aromatic heterocycles. The maximum Gasteiger partial charge on any atom is 0.243 e. The number of aromatic amines is 1. The van der Waals surface area contributed by atoms with Crippen LogP contribution in [0, 0.1) is 0 Å². The summed E-state index contributed by atoms with van der Waals surface area (Å²) >= 11 is 12.6. The molecule has 1 amide bonds. The van der Waals surface area contributed by atoms with E-state index in [1.807, 2.05) is 31.2 Å². The van der Waals surface area contributed by atoms with Crippen LogP contribution >= 0.6 is 23.2 Å². The number of H-pyrrole nitrogens is 1. The second-order valence-electron chi connectivity index (χ2n) is 8.60. The molecule has 1 aliphatic rings. The Balaban J connectivity index is 1.37. The number of anilines is 1. The number of nitrogens with one attached hydrogen (secondary N) is 1. The normalized spacial score (nSPS) is 15.8. The third-order valence-electron chi connectivity index (χ3n) is 6.10. The monoisotopic (exact) mass is 560 g/mol. The van der Waals surface area contributed by atoms with E-state index in [1.54, 1.807) is 12.3 Å². The van der Waals surface area contributed by atoms with Gasteiger partial charge in [0.15, 0.2) is 0 Å². The summed E-state index contributed by atoms with van der Waals surface area (Å²) in [4.78, 5) is 22.5. The van der Waals surface area contributed by atoms with Crippen molar-refractivity contribution >= 4 is 55.9 Å². The molecular weight excluding hydrogens is 539 g/mol. The van der Waals surface area contributed by atoms with E-state index in [-0.39, 0.29) is 25.5 Å². The first kappa shape index (κ1) is 25.4. The van der Waals surface area contributed by atoms with Gasteiger partial charge in [-0.1, -0.05) is 23.2 Å². The van der Waals surface area contributed by atoms with Gasteiger partial charge in [0.05, 0.1) is 28.4 Å². The number of amides is 1. The van der Waals surface area contributed by atoms with Crippen molar-refractivity contribution in [2.24, 2.45) is 0 Å². The van der Waals surface area contributed by atoms with E-state index < -0.39 is 16.1 Å². The zero-order valence-electron chi connectivity index (χ0n) is 19.9. The van der Waals surface area contributed by atoms with E-state index in [0.717, 1.165) is 27.0 Å². The Morgan fingerprint density at radius 2 is 1.84 bits per heavy atom.